The molecule has 2 atom stereocenters. The summed E-state index contributed by atoms with van der Waals surface area (Å²) in [5.41, 5.74) is 1.35. The predicted molar refractivity (Wildman–Crippen MR) is 146 cm³/mol. The molecule has 0 bridgehead atoms. The number of rotatable bonds is 7. The van der Waals surface area contributed by atoms with Crippen LogP contribution in [0.3, 0.4) is 0 Å². The Labute approximate surface area is 231 Å². The van der Waals surface area contributed by atoms with Gasteiger partial charge in [0.1, 0.15) is 0 Å². The Bertz CT molecular complexity index is 1440. The van der Waals surface area contributed by atoms with Crippen molar-refractivity contribution in [3.8, 4) is 5.88 Å². The first-order valence-corrected chi connectivity index (χ1v) is 13.0. The first-order valence-electron chi connectivity index (χ1n) is 12.6. The number of hydroxylamine groups is 2. The molecule has 9 heteroatoms. The monoisotopic (exact) mass is 557 g/mol. The van der Waals surface area contributed by atoms with Gasteiger partial charge in [0, 0.05) is 52.8 Å². The van der Waals surface area contributed by atoms with Gasteiger partial charge in [0.2, 0.25) is 5.88 Å². The maximum absolute atomic E-state index is 13.7. The highest BCUT2D eigenvalue weighted by Crippen LogP contribution is 2.36. The second-order valence-corrected chi connectivity index (χ2v) is 11.2. The fraction of sp³-hybridized carbons (Fsp3) is 0.333. The number of hydrogen-bond acceptors (Lipinski definition) is 3. The van der Waals surface area contributed by atoms with Gasteiger partial charge in [-0.3, -0.25) is 4.79 Å². The Balaban J connectivity index is 1.79. The molecular weight excluding hydrogens is 527 g/mol. The maximum Gasteiger partial charge on any atom is 0.417 e. The van der Waals surface area contributed by atoms with E-state index in [1.165, 1.54) is 5.06 Å². The second-order valence-electron chi connectivity index (χ2n) is 10.7. The zero-order valence-corrected chi connectivity index (χ0v) is 23.2. The van der Waals surface area contributed by atoms with Crippen LogP contribution < -0.4 is 4.84 Å². The second kappa shape index (κ2) is 10.9. The highest BCUT2D eigenvalue weighted by Gasteiger charge is 2.38. The molecule has 4 aromatic rings. The van der Waals surface area contributed by atoms with E-state index in [4.69, 9.17) is 16.4 Å². The van der Waals surface area contributed by atoms with Gasteiger partial charge in [-0.05, 0) is 54.8 Å². The van der Waals surface area contributed by atoms with E-state index in [1.807, 2.05) is 73.3 Å². The molecule has 0 radical (unpaired) electrons. The van der Waals surface area contributed by atoms with Crippen molar-refractivity contribution in [1.82, 2.24) is 14.6 Å². The average molecular weight is 558 g/mol. The molecule has 2 heterocycles. The average Bonchev–Trinajstić information content (AvgIpc) is 3.26. The Morgan fingerprint density at radius 2 is 1.74 bits per heavy atom. The summed E-state index contributed by atoms with van der Waals surface area (Å²) in [6.45, 7) is 7.19. The first-order chi connectivity index (χ1) is 18.3. The molecule has 0 aliphatic carbocycles. The van der Waals surface area contributed by atoms with E-state index in [0.29, 0.717) is 17.6 Å². The molecule has 2 aromatic carbocycles. The van der Waals surface area contributed by atoms with Crippen molar-refractivity contribution < 1.29 is 22.8 Å². The number of aryl methyl sites for hydroxylation is 1. The Hall–Kier alpha value is -3.52. The number of benzene rings is 2. The number of hydrogen-bond donors (Lipinski definition) is 0. The van der Waals surface area contributed by atoms with E-state index in [0.717, 1.165) is 34.2 Å². The van der Waals surface area contributed by atoms with Crippen molar-refractivity contribution in [2.24, 2.45) is 12.5 Å². The Kier molecular flexibility index (Phi) is 7.98. The molecule has 39 heavy (non-hydrogen) atoms. The molecule has 4 rings (SSSR count). The summed E-state index contributed by atoms with van der Waals surface area (Å²) >= 11 is 6.13. The third-order valence-electron chi connectivity index (χ3n) is 6.78. The van der Waals surface area contributed by atoms with E-state index in [1.54, 1.807) is 20.8 Å². The smallest absolute Gasteiger partial charge is 0.356 e. The van der Waals surface area contributed by atoms with Crippen molar-refractivity contribution >= 4 is 28.4 Å². The third kappa shape index (κ3) is 6.38. The van der Waals surface area contributed by atoms with Crippen LogP contribution >= 0.6 is 11.6 Å². The van der Waals surface area contributed by atoms with Gasteiger partial charge in [-0.2, -0.15) is 18.2 Å². The Morgan fingerprint density at radius 1 is 1.05 bits per heavy atom. The van der Waals surface area contributed by atoms with E-state index < -0.39 is 23.2 Å². The minimum absolute atomic E-state index is 0.101. The lowest BCUT2D eigenvalue weighted by Crippen LogP contribution is -2.49. The fourth-order valence-electron chi connectivity index (χ4n) is 4.57. The molecule has 0 saturated heterocycles. The van der Waals surface area contributed by atoms with Gasteiger partial charge in [-0.15, -0.1) is 0 Å². The van der Waals surface area contributed by atoms with Crippen LogP contribution in [0.5, 0.6) is 5.88 Å². The lowest BCUT2D eigenvalue weighted by molar-refractivity contribution is -0.176. The highest BCUT2D eigenvalue weighted by atomic mass is 35.5. The van der Waals surface area contributed by atoms with Gasteiger partial charge in [-0.1, -0.05) is 56.6 Å². The molecule has 0 saturated carbocycles. The van der Waals surface area contributed by atoms with Crippen LogP contribution in [0.1, 0.15) is 50.3 Å². The SMILES string of the molecule is CC(C(Cc1ccc(Cl)cc1)c1cccc2c1ccn2C)N(Oc1ccc(C(F)(F)F)cn1)C(=O)C(C)(C)C. The van der Waals surface area contributed by atoms with Crippen molar-refractivity contribution in [3.63, 3.8) is 0 Å². The van der Waals surface area contributed by atoms with Crippen LogP contribution in [0, 0.1) is 5.41 Å². The van der Waals surface area contributed by atoms with Crippen molar-refractivity contribution in [2.45, 2.75) is 52.3 Å². The van der Waals surface area contributed by atoms with E-state index >= 15 is 0 Å². The number of carbonyl (C=O) groups is 1. The number of fused-ring (bicyclic) bond motifs is 1. The number of halogens is 4. The fourth-order valence-corrected chi connectivity index (χ4v) is 4.70. The molecule has 5 nitrogen and oxygen atoms in total. The molecule has 2 unspecified atom stereocenters. The summed E-state index contributed by atoms with van der Waals surface area (Å²) < 4.78 is 41.3. The minimum Gasteiger partial charge on any atom is -0.356 e. The highest BCUT2D eigenvalue weighted by molar-refractivity contribution is 6.30. The van der Waals surface area contributed by atoms with Gasteiger partial charge in [-0.25, -0.2) is 4.98 Å². The molecule has 206 valence electrons. The summed E-state index contributed by atoms with van der Waals surface area (Å²) in [6, 6.07) is 17.1. The number of amides is 1. The molecule has 0 spiro atoms. The molecule has 0 aliphatic heterocycles. The van der Waals surface area contributed by atoms with Crippen LogP contribution in [-0.2, 0) is 24.4 Å². The van der Waals surface area contributed by atoms with Gasteiger partial charge < -0.3 is 9.40 Å². The number of nitrogens with zero attached hydrogens (tertiary/aromatic N) is 3. The first kappa shape index (κ1) is 28.5. The molecule has 0 fully saturated rings. The number of aromatic nitrogens is 2. The van der Waals surface area contributed by atoms with Crippen molar-refractivity contribution in [1.29, 1.82) is 0 Å². The van der Waals surface area contributed by atoms with E-state index in [-0.39, 0.29) is 17.7 Å². The number of pyridine rings is 1. The van der Waals surface area contributed by atoms with E-state index in [2.05, 4.69) is 4.98 Å². The topological polar surface area (TPSA) is 47.4 Å². The summed E-state index contributed by atoms with van der Waals surface area (Å²) in [5.74, 6) is -0.660. The van der Waals surface area contributed by atoms with Crippen molar-refractivity contribution in [2.75, 3.05) is 0 Å². The van der Waals surface area contributed by atoms with Gasteiger partial charge in [0.15, 0.2) is 0 Å². The maximum atomic E-state index is 13.7. The summed E-state index contributed by atoms with van der Waals surface area (Å²) in [4.78, 5) is 23.6. The number of alkyl halides is 3. The Morgan fingerprint density at radius 3 is 2.33 bits per heavy atom. The van der Waals surface area contributed by atoms with Crippen LogP contribution in [0.25, 0.3) is 10.9 Å². The zero-order chi connectivity index (χ0) is 28.5. The molecule has 0 N–H and O–H groups in total. The third-order valence-corrected chi connectivity index (χ3v) is 7.03. The normalized spacial score (nSPS) is 13.8. The summed E-state index contributed by atoms with van der Waals surface area (Å²) in [6.07, 6.45) is -1.28. The standard InChI is InChI=1S/C30H31ClF3N3O2/c1-19(37(28(38)29(2,3)4)39-27-14-11-21(18-35-27)30(32,33)34)25(17-20-9-12-22(31)13-10-20)23-7-6-8-26-24(23)15-16-36(26)5/h6-16,18-19,25H,17H2,1-5H3. The lowest BCUT2D eigenvalue weighted by Gasteiger charge is -2.37. The largest absolute Gasteiger partial charge is 0.417 e. The number of carbonyl (C=O) groups excluding carboxylic acids is 1. The van der Waals surface area contributed by atoms with Crippen LogP contribution in [0.4, 0.5) is 13.2 Å². The van der Waals surface area contributed by atoms with Crippen LogP contribution in [-0.4, -0.2) is 26.6 Å². The quantitative estimate of drug-likeness (QED) is 0.218. The van der Waals surface area contributed by atoms with Gasteiger partial charge in [0.25, 0.3) is 5.91 Å². The summed E-state index contributed by atoms with van der Waals surface area (Å²) in [5, 5.41) is 2.93. The molecule has 2 aromatic heterocycles. The van der Waals surface area contributed by atoms with E-state index in [9.17, 15) is 18.0 Å². The van der Waals surface area contributed by atoms with Gasteiger partial charge >= 0.3 is 6.18 Å². The molecular formula is C30H31ClF3N3O2. The van der Waals surface area contributed by atoms with Crippen LogP contribution in [0.15, 0.2) is 73.1 Å². The van der Waals surface area contributed by atoms with Crippen LogP contribution in [0.2, 0.25) is 5.02 Å². The van der Waals surface area contributed by atoms with Gasteiger partial charge in [0.05, 0.1) is 11.6 Å². The predicted octanol–water partition coefficient (Wildman–Crippen LogP) is 7.83. The summed E-state index contributed by atoms with van der Waals surface area (Å²) in [7, 11) is 1.97. The van der Waals surface area contributed by atoms with Crippen molar-refractivity contribution in [3.05, 3.63) is 94.8 Å². The molecule has 1 amide bonds. The minimum atomic E-state index is -4.53. The molecule has 0 aliphatic rings. The lowest BCUT2D eigenvalue weighted by atomic mass is 9.84. The zero-order valence-electron chi connectivity index (χ0n) is 22.5.